The van der Waals surface area contributed by atoms with Gasteiger partial charge in [-0.05, 0) is 75.5 Å². The van der Waals surface area contributed by atoms with E-state index >= 15 is 0 Å². The van der Waals surface area contributed by atoms with Gasteiger partial charge in [0.25, 0.3) is 10.0 Å². The highest BCUT2D eigenvalue weighted by Gasteiger charge is 2.28. The lowest BCUT2D eigenvalue weighted by molar-refractivity contribution is -0.119. The summed E-state index contributed by atoms with van der Waals surface area (Å²) in [4.78, 5) is 15.3. The van der Waals surface area contributed by atoms with Gasteiger partial charge in [0, 0.05) is 6.54 Å². The first kappa shape index (κ1) is 23.3. The smallest absolute Gasteiger partial charge is 0.264 e. The molecule has 2 aromatic carbocycles. The van der Waals surface area contributed by atoms with Crippen LogP contribution >= 0.6 is 0 Å². The van der Waals surface area contributed by atoms with Crippen LogP contribution in [0.25, 0.3) is 0 Å². The number of sulfonamides is 1. The number of likely N-dealkylation sites (tertiary alicyclic amines) is 1. The molecule has 6 nitrogen and oxygen atoms in total. The molecule has 0 bridgehead atoms. The van der Waals surface area contributed by atoms with Crippen LogP contribution in [0.4, 0.5) is 5.69 Å². The molecule has 7 heteroatoms. The number of aryl methyl sites for hydroxylation is 1. The minimum atomic E-state index is -3.87. The highest BCUT2D eigenvalue weighted by atomic mass is 32.2. The molecule has 31 heavy (non-hydrogen) atoms. The number of anilines is 1. The van der Waals surface area contributed by atoms with Crippen molar-refractivity contribution in [2.75, 3.05) is 37.5 Å². The average Bonchev–Trinajstić information content (AvgIpc) is 2.79. The van der Waals surface area contributed by atoms with Crippen molar-refractivity contribution in [2.24, 2.45) is 5.92 Å². The Hall–Kier alpha value is -2.38. The van der Waals surface area contributed by atoms with Gasteiger partial charge in [-0.3, -0.25) is 9.10 Å². The van der Waals surface area contributed by atoms with Crippen molar-refractivity contribution in [2.45, 2.75) is 37.5 Å². The van der Waals surface area contributed by atoms with Gasteiger partial charge in [-0.25, -0.2) is 8.42 Å². The van der Waals surface area contributed by atoms with Crippen molar-refractivity contribution in [3.05, 3.63) is 60.2 Å². The molecule has 0 spiro atoms. The molecule has 0 aliphatic carbocycles. The number of para-hydroxylation sites is 1. The van der Waals surface area contributed by atoms with Crippen molar-refractivity contribution >= 4 is 21.6 Å². The molecule has 3 rings (SSSR count). The molecule has 1 aliphatic rings. The standard InChI is InChI=1S/C24H33N3O3S/c1-3-21-9-7-8-12-23(21)27(31(29,30)22-10-5-4-6-11-22)19-24(28)25-16-13-20-14-17-26(2)18-15-20/h4-12,20H,3,13-19H2,1-2H3,(H,25,28). The minimum Gasteiger partial charge on any atom is -0.355 e. The Kier molecular flexibility index (Phi) is 8.09. The summed E-state index contributed by atoms with van der Waals surface area (Å²) in [6.07, 6.45) is 3.89. The first-order chi connectivity index (χ1) is 14.9. The van der Waals surface area contributed by atoms with Gasteiger partial charge < -0.3 is 10.2 Å². The normalized spacial score (nSPS) is 15.5. The molecule has 0 saturated carbocycles. The number of nitrogens with one attached hydrogen (secondary N) is 1. The highest BCUT2D eigenvalue weighted by Crippen LogP contribution is 2.27. The number of rotatable bonds is 9. The molecule has 2 aromatic rings. The Morgan fingerprint density at radius 3 is 2.39 bits per heavy atom. The molecule has 1 heterocycles. The molecule has 0 atom stereocenters. The summed E-state index contributed by atoms with van der Waals surface area (Å²) in [5, 5.41) is 2.94. The molecule has 1 fully saturated rings. The van der Waals surface area contributed by atoms with Crippen molar-refractivity contribution in [1.82, 2.24) is 10.2 Å². The summed E-state index contributed by atoms with van der Waals surface area (Å²) in [6.45, 7) is 4.50. The zero-order chi connectivity index (χ0) is 22.3. The Morgan fingerprint density at radius 1 is 1.06 bits per heavy atom. The first-order valence-electron chi connectivity index (χ1n) is 11.0. The van der Waals surface area contributed by atoms with E-state index in [1.807, 2.05) is 19.1 Å². The number of hydrogen-bond donors (Lipinski definition) is 1. The zero-order valence-corrected chi connectivity index (χ0v) is 19.3. The predicted molar refractivity (Wildman–Crippen MR) is 125 cm³/mol. The van der Waals surface area contributed by atoms with Gasteiger partial charge in [-0.1, -0.05) is 43.3 Å². The number of carbonyl (C=O) groups excluding carboxylic acids is 1. The second-order valence-electron chi connectivity index (χ2n) is 8.19. The van der Waals surface area contributed by atoms with Crippen molar-refractivity contribution in [1.29, 1.82) is 0 Å². The summed E-state index contributed by atoms with van der Waals surface area (Å²) < 4.78 is 28.1. The Morgan fingerprint density at radius 2 is 1.71 bits per heavy atom. The number of amides is 1. The van der Waals surface area contributed by atoms with E-state index in [0.29, 0.717) is 24.6 Å². The Labute approximate surface area is 186 Å². The van der Waals surface area contributed by atoms with Gasteiger partial charge in [0.05, 0.1) is 10.6 Å². The SMILES string of the molecule is CCc1ccccc1N(CC(=O)NCCC1CCN(C)CC1)S(=O)(=O)c1ccccc1. The van der Waals surface area contributed by atoms with Crippen LogP contribution in [0.2, 0.25) is 0 Å². The van der Waals surface area contributed by atoms with Gasteiger partial charge in [-0.15, -0.1) is 0 Å². The van der Waals surface area contributed by atoms with Crippen molar-refractivity contribution in [3.8, 4) is 0 Å². The van der Waals surface area contributed by atoms with E-state index in [-0.39, 0.29) is 17.3 Å². The number of hydrogen-bond acceptors (Lipinski definition) is 4. The van der Waals surface area contributed by atoms with E-state index in [2.05, 4.69) is 17.3 Å². The van der Waals surface area contributed by atoms with Crippen LogP contribution in [0.3, 0.4) is 0 Å². The van der Waals surface area contributed by atoms with Crippen molar-refractivity contribution in [3.63, 3.8) is 0 Å². The lowest BCUT2D eigenvalue weighted by Gasteiger charge is -2.29. The number of nitrogens with zero attached hydrogens (tertiary/aromatic N) is 2. The van der Waals surface area contributed by atoms with Gasteiger partial charge in [0.2, 0.25) is 5.91 Å². The lowest BCUT2D eigenvalue weighted by Crippen LogP contribution is -2.42. The molecule has 1 saturated heterocycles. The van der Waals surface area contributed by atoms with E-state index in [0.717, 1.165) is 37.9 Å². The summed E-state index contributed by atoms with van der Waals surface area (Å²) in [5.74, 6) is 0.333. The van der Waals surface area contributed by atoms with Gasteiger partial charge >= 0.3 is 0 Å². The molecule has 0 aromatic heterocycles. The maximum Gasteiger partial charge on any atom is 0.264 e. The molecule has 168 valence electrons. The molecule has 0 unspecified atom stereocenters. The Bertz CT molecular complexity index is 955. The summed E-state index contributed by atoms with van der Waals surface area (Å²) >= 11 is 0. The fraction of sp³-hybridized carbons (Fsp3) is 0.458. The van der Waals surface area contributed by atoms with Crippen LogP contribution in [0.1, 0.15) is 31.7 Å². The monoisotopic (exact) mass is 443 g/mol. The summed E-state index contributed by atoms with van der Waals surface area (Å²) in [5.41, 5.74) is 1.44. The van der Waals surface area contributed by atoms with E-state index in [1.165, 1.54) is 4.31 Å². The third-order valence-electron chi connectivity index (χ3n) is 5.97. The molecule has 1 amide bonds. The summed E-state index contributed by atoms with van der Waals surface area (Å²) in [7, 11) is -1.73. The van der Waals surface area contributed by atoms with Gasteiger partial charge in [-0.2, -0.15) is 0 Å². The maximum absolute atomic E-state index is 13.4. The van der Waals surface area contributed by atoms with Crippen LogP contribution in [0, 0.1) is 5.92 Å². The van der Waals surface area contributed by atoms with Crippen LogP contribution in [-0.2, 0) is 21.2 Å². The van der Waals surface area contributed by atoms with Crippen LogP contribution in [-0.4, -0.2) is 52.5 Å². The number of carbonyl (C=O) groups is 1. The molecule has 0 radical (unpaired) electrons. The van der Waals surface area contributed by atoms with E-state index in [1.54, 1.807) is 42.5 Å². The predicted octanol–water partition coefficient (Wildman–Crippen LogP) is 3.29. The molecular formula is C24H33N3O3S. The van der Waals surface area contributed by atoms with Crippen LogP contribution in [0.15, 0.2) is 59.5 Å². The van der Waals surface area contributed by atoms with E-state index in [9.17, 15) is 13.2 Å². The topological polar surface area (TPSA) is 69.7 Å². The van der Waals surface area contributed by atoms with Crippen LogP contribution in [0.5, 0.6) is 0 Å². The second kappa shape index (κ2) is 10.8. The maximum atomic E-state index is 13.4. The minimum absolute atomic E-state index is 0.181. The quantitative estimate of drug-likeness (QED) is 0.646. The van der Waals surface area contributed by atoms with E-state index < -0.39 is 10.0 Å². The largest absolute Gasteiger partial charge is 0.355 e. The van der Waals surface area contributed by atoms with Crippen molar-refractivity contribution < 1.29 is 13.2 Å². The summed E-state index contributed by atoms with van der Waals surface area (Å²) in [6, 6.07) is 15.7. The lowest BCUT2D eigenvalue weighted by atomic mass is 9.94. The molecule has 1 N–H and O–H groups in total. The zero-order valence-electron chi connectivity index (χ0n) is 18.5. The highest BCUT2D eigenvalue weighted by molar-refractivity contribution is 7.92. The average molecular weight is 444 g/mol. The first-order valence-corrected chi connectivity index (χ1v) is 12.5. The third-order valence-corrected chi connectivity index (χ3v) is 7.75. The third kappa shape index (κ3) is 6.08. The molecule has 1 aliphatic heterocycles. The second-order valence-corrected chi connectivity index (χ2v) is 10.1. The number of piperidine rings is 1. The van der Waals surface area contributed by atoms with E-state index in [4.69, 9.17) is 0 Å². The molecular weight excluding hydrogens is 410 g/mol. The van der Waals surface area contributed by atoms with Crippen LogP contribution < -0.4 is 9.62 Å². The Balaban J connectivity index is 1.73. The fourth-order valence-electron chi connectivity index (χ4n) is 4.03. The van der Waals surface area contributed by atoms with Gasteiger partial charge in [0.1, 0.15) is 6.54 Å². The van der Waals surface area contributed by atoms with Gasteiger partial charge in [0.15, 0.2) is 0 Å². The number of benzene rings is 2. The fourth-order valence-corrected chi connectivity index (χ4v) is 5.51.